The van der Waals surface area contributed by atoms with Gasteiger partial charge in [-0.15, -0.1) is 0 Å². The van der Waals surface area contributed by atoms with E-state index in [9.17, 15) is 4.79 Å². The molecule has 1 aromatic carbocycles. The Kier molecular flexibility index (Phi) is 6.17. The van der Waals surface area contributed by atoms with Gasteiger partial charge in [0.2, 0.25) is 5.91 Å². The molecule has 4 heteroatoms. The molecular formula is C16H26N2O2. The maximum absolute atomic E-state index is 12.1. The van der Waals surface area contributed by atoms with Crippen molar-refractivity contribution in [2.24, 2.45) is 5.73 Å². The van der Waals surface area contributed by atoms with Crippen LogP contribution in [0, 0.1) is 0 Å². The van der Waals surface area contributed by atoms with E-state index in [1.165, 1.54) is 7.11 Å². The second-order valence-corrected chi connectivity index (χ2v) is 5.67. The molecule has 1 aromatic rings. The molecule has 1 amide bonds. The van der Waals surface area contributed by atoms with Gasteiger partial charge in [-0.3, -0.25) is 4.79 Å². The normalized spacial score (nSPS) is 12.8. The summed E-state index contributed by atoms with van der Waals surface area (Å²) >= 11 is 0. The van der Waals surface area contributed by atoms with Gasteiger partial charge in [-0.05, 0) is 23.0 Å². The predicted octanol–water partition coefficient (Wildman–Crippen LogP) is 2.85. The third-order valence-electron chi connectivity index (χ3n) is 3.30. The largest absolute Gasteiger partial charge is 0.383 e. The average molecular weight is 278 g/mol. The van der Waals surface area contributed by atoms with E-state index in [0.29, 0.717) is 11.8 Å². The summed E-state index contributed by atoms with van der Waals surface area (Å²) in [5, 5.41) is 2.98. The minimum atomic E-state index is -0.653. The first-order chi connectivity index (χ1) is 9.38. The summed E-state index contributed by atoms with van der Waals surface area (Å²) in [4.78, 5) is 12.1. The topological polar surface area (TPSA) is 64.3 Å². The second kappa shape index (κ2) is 7.41. The van der Waals surface area contributed by atoms with Crippen LogP contribution in [0.3, 0.4) is 0 Å². The first-order valence-electron chi connectivity index (χ1n) is 7.06. The quantitative estimate of drug-likeness (QED) is 0.841. The zero-order chi connectivity index (χ0) is 15.3. The predicted molar refractivity (Wildman–Crippen MR) is 83.1 cm³/mol. The standard InChI is InChI=1S/C16H26N2O2/c1-10(2)12-7-6-8-13(11(3)4)15(12)18-16(19)14(17)9-20-5/h6-8,10-11,14H,9,17H2,1-5H3,(H,18,19). The summed E-state index contributed by atoms with van der Waals surface area (Å²) in [6.45, 7) is 8.68. The number of rotatable bonds is 6. The summed E-state index contributed by atoms with van der Waals surface area (Å²) in [5.74, 6) is 0.465. The maximum atomic E-state index is 12.1. The minimum Gasteiger partial charge on any atom is -0.383 e. The molecule has 1 atom stereocenters. The number of nitrogens with two attached hydrogens (primary N) is 1. The molecule has 1 rings (SSSR count). The number of methoxy groups -OCH3 is 1. The second-order valence-electron chi connectivity index (χ2n) is 5.67. The van der Waals surface area contributed by atoms with Gasteiger partial charge < -0.3 is 15.8 Å². The van der Waals surface area contributed by atoms with Crippen LogP contribution in [0.1, 0.15) is 50.7 Å². The van der Waals surface area contributed by atoms with E-state index in [1.807, 2.05) is 18.2 Å². The summed E-state index contributed by atoms with van der Waals surface area (Å²) in [6.07, 6.45) is 0. The fraction of sp³-hybridized carbons (Fsp3) is 0.562. The third-order valence-corrected chi connectivity index (χ3v) is 3.30. The van der Waals surface area contributed by atoms with Crippen LogP contribution in [0.15, 0.2) is 18.2 Å². The van der Waals surface area contributed by atoms with E-state index in [-0.39, 0.29) is 12.5 Å². The Morgan fingerprint density at radius 1 is 1.20 bits per heavy atom. The van der Waals surface area contributed by atoms with E-state index in [1.54, 1.807) is 0 Å². The molecule has 0 aliphatic rings. The van der Waals surface area contributed by atoms with Crippen LogP contribution >= 0.6 is 0 Å². The highest BCUT2D eigenvalue weighted by Crippen LogP contribution is 2.32. The Morgan fingerprint density at radius 3 is 2.10 bits per heavy atom. The Hall–Kier alpha value is -1.39. The number of nitrogens with one attached hydrogen (secondary N) is 1. The van der Waals surface area contributed by atoms with Gasteiger partial charge in [-0.1, -0.05) is 45.9 Å². The summed E-state index contributed by atoms with van der Waals surface area (Å²) < 4.78 is 4.93. The molecule has 0 fully saturated rings. The first kappa shape index (κ1) is 16.7. The lowest BCUT2D eigenvalue weighted by Gasteiger charge is -2.21. The molecule has 0 radical (unpaired) electrons. The molecule has 3 N–H and O–H groups in total. The zero-order valence-electron chi connectivity index (χ0n) is 13.1. The van der Waals surface area contributed by atoms with Crippen molar-refractivity contribution in [2.45, 2.75) is 45.6 Å². The molecule has 0 aliphatic carbocycles. The summed E-state index contributed by atoms with van der Waals surface area (Å²) in [7, 11) is 1.54. The summed E-state index contributed by atoms with van der Waals surface area (Å²) in [6, 6.07) is 5.48. The molecular weight excluding hydrogens is 252 g/mol. The summed E-state index contributed by atoms with van der Waals surface area (Å²) in [5.41, 5.74) is 8.96. The Labute approximate surface area is 121 Å². The Bertz CT molecular complexity index is 430. The van der Waals surface area contributed by atoms with Crippen LogP contribution < -0.4 is 11.1 Å². The van der Waals surface area contributed by atoms with Gasteiger partial charge in [0, 0.05) is 12.8 Å². The van der Waals surface area contributed by atoms with Gasteiger partial charge >= 0.3 is 0 Å². The van der Waals surface area contributed by atoms with Crippen molar-refractivity contribution in [3.8, 4) is 0 Å². The van der Waals surface area contributed by atoms with Crippen LogP contribution in [-0.2, 0) is 9.53 Å². The van der Waals surface area contributed by atoms with E-state index in [4.69, 9.17) is 10.5 Å². The van der Waals surface area contributed by atoms with Crippen LogP contribution in [-0.4, -0.2) is 25.7 Å². The van der Waals surface area contributed by atoms with Crippen molar-refractivity contribution >= 4 is 11.6 Å². The van der Waals surface area contributed by atoms with E-state index >= 15 is 0 Å². The lowest BCUT2D eigenvalue weighted by atomic mass is 9.92. The number of anilines is 1. The molecule has 112 valence electrons. The van der Waals surface area contributed by atoms with E-state index < -0.39 is 6.04 Å². The maximum Gasteiger partial charge on any atom is 0.243 e. The highest BCUT2D eigenvalue weighted by atomic mass is 16.5. The van der Waals surface area contributed by atoms with Crippen LogP contribution in [0.2, 0.25) is 0 Å². The fourth-order valence-corrected chi connectivity index (χ4v) is 2.17. The fourth-order valence-electron chi connectivity index (χ4n) is 2.17. The minimum absolute atomic E-state index is 0.207. The SMILES string of the molecule is COCC(N)C(=O)Nc1c(C(C)C)cccc1C(C)C. The van der Waals surface area contributed by atoms with Crippen molar-refractivity contribution < 1.29 is 9.53 Å². The highest BCUT2D eigenvalue weighted by Gasteiger charge is 2.19. The highest BCUT2D eigenvalue weighted by molar-refractivity contribution is 5.96. The van der Waals surface area contributed by atoms with Crippen molar-refractivity contribution in [3.05, 3.63) is 29.3 Å². The number of para-hydroxylation sites is 1. The van der Waals surface area contributed by atoms with Gasteiger partial charge in [-0.25, -0.2) is 0 Å². The number of benzene rings is 1. The Balaban J connectivity index is 3.11. The zero-order valence-corrected chi connectivity index (χ0v) is 13.1. The van der Waals surface area contributed by atoms with Gasteiger partial charge in [0.05, 0.1) is 6.61 Å². The van der Waals surface area contributed by atoms with E-state index in [2.05, 4.69) is 33.0 Å². The van der Waals surface area contributed by atoms with Crippen molar-refractivity contribution in [2.75, 3.05) is 19.0 Å². The number of carbonyl (C=O) groups excluding carboxylic acids is 1. The van der Waals surface area contributed by atoms with E-state index in [0.717, 1.165) is 16.8 Å². The first-order valence-corrected chi connectivity index (χ1v) is 7.06. The lowest BCUT2D eigenvalue weighted by Crippen LogP contribution is -2.39. The Morgan fingerprint density at radius 2 is 1.70 bits per heavy atom. The molecule has 0 heterocycles. The molecule has 0 saturated carbocycles. The number of hydrogen-bond acceptors (Lipinski definition) is 3. The third kappa shape index (κ3) is 4.05. The van der Waals surface area contributed by atoms with Crippen molar-refractivity contribution in [3.63, 3.8) is 0 Å². The van der Waals surface area contributed by atoms with Crippen molar-refractivity contribution in [1.29, 1.82) is 0 Å². The number of carbonyl (C=O) groups is 1. The lowest BCUT2D eigenvalue weighted by molar-refractivity contribution is -0.118. The monoisotopic (exact) mass is 278 g/mol. The number of hydrogen-bond donors (Lipinski definition) is 2. The molecule has 1 unspecified atom stereocenters. The molecule has 0 aromatic heterocycles. The number of amides is 1. The van der Waals surface area contributed by atoms with Crippen LogP contribution in [0.4, 0.5) is 5.69 Å². The van der Waals surface area contributed by atoms with Gasteiger partial charge in [0.25, 0.3) is 0 Å². The van der Waals surface area contributed by atoms with Gasteiger partial charge in [-0.2, -0.15) is 0 Å². The van der Waals surface area contributed by atoms with Gasteiger partial charge in [0.15, 0.2) is 0 Å². The molecule has 0 spiro atoms. The molecule has 4 nitrogen and oxygen atoms in total. The molecule has 0 bridgehead atoms. The van der Waals surface area contributed by atoms with Crippen molar-refractivity contribution in [1.82, 2.24) is 0 Å². The van der Waals surface area contributed by atoms with Crippen LogP contribution in [0.25, 0.3) is 0 Å². The smallest absolute Gasteiger partial charge is 0.243 e. The van der Waals surface area contributed by atoms with Crippen LogP contribution in [0.5, 0.6) is 0 Å². The molecule has 0 saturated heterocycles. The van der Waals surface area contributed by atoms with Gasteiger partial charge in [0.1, 0.15) is 6.04 Å². The number of ether oxygens (including phenoxy) is 1. The average Bonchev–Trinajstić information content (AvgIpc) is 2.38. The molecule has 0 aliphatic heterocycles. The molecule has 20 heavy (non-hydrogen) atoms.